The summed E-state index contributed by atoms with van der Waals surface area (Å²) in [5.74, 6) is 0.667. The summed E-state index contributed by atoms with van der Waals surface area (Å²) in [6.07, 6.45) is 8.70. The van der Waals surface area contributed by atoms with E-state index in [0.717, 1.165) is 55.7 Å². The number of nitrogens with zero attached hydrogens (tertiary/aromatic N) is 4. The number of aromatic amines is 1. The SMILES string of the molecule is CN(C)c1cccc(C(=O)N2CCCC[C@H]2c2nc3c(c(=O)[nH]2)CCN(C2CCCC2)C3)c1. The van der Waals surface area contributed by atoms with Gasteiger partial charge >= 0.3 is 0 Å². The van der Waals surface area contributed by atoms with Crippen molar-refractivity contribution in [1.82, 2.24) is 19.8 Å². The van der Waals surface area contributed by atoms with E-state index >= 15 is 0 Å². The molecular formula is C26H35N5O2. The van der Waals surface area contributed by atoms with E-state index in [4.69, 9.17) is 4.98 Å². The number of benzene rings is 1. The summed E-state index contributed by atoms with van der Waals surface area (Å²) in [5.41, 5.74) is 3.41. The third-order valence-electron chi connectivity index (χ3n) is 7.65. The number of carbonyl (C=O) groups is 1. The van der Waals surface area contributed by atoms with Gasteiger partial charge in [0.25, 0.3) is 11.5 Å². The van der Waals surface area contributed by atoms with Gasteiger partial charge in [-0.05, 0) is 56.7 Å². The van der Waals surface area contributed by atoms with E-state index in [2.05, 4.69) is 9.88 Å². The Morgan fingerprint density at radius 1 is 1.09 bits per heavy atom. The largest absolute Gasteiger partial charge is 0.378 e. The minimum atomic E-state index is -0.186. The van der Waals surface area contributed by atoms with Gasteiger partial charge in [-0.15, -0.1) is 0 Å². The molecule has 33 heavy (non-hydrogen) atoms. The number of likely N-dealkylation sites (tertiary alicyclic amines) is 1. The minimum Gasteiger partial charge on any atom is -0.378 e. The van der Waals surface area contributed by atoms with Crippen LogP contribution in [-0.4, -0.2) is 58.9 Å². The Morgan fingerprint density at radius 2 is 1.88 bits per heavy atom. The predicted octanol–water partition coefficient (Wildman–Crippen LogP) is 3.50. The quantitative estimate of drug-likeness (QED) is 0.773. The van der Waals surface area contributed by atoms with Gasteiger partial charge < -0.3 is 14.8 Å². The standard InChI is InChI=1S/C26H35N5O2/c1-29(2)20-11-7-8-18(16-20)26(33)31-14-6-5-12-23(31)24-27-22-17-30(19-9-3-4-10-19)15-13-21(22)25(32)28-24/h7-8,11,16,19,23H,3-6,9-10,12-15,17H2,1-2H3,(H,27,28,32)/t23-/m0/s1. The first kappa shape index (κ1) is 22.1. The normalized spacial score (nSPS) is 21.8. The van der Waals surface area contributed by atoms with Crippen LogP contribution in [0.5, 0.6) is 0 Å². The molecule has 0 spiro atoms. The lowest BCUT2D eigenvalue weighted by Gasteiger charge is -2.36. The Balaban J connectivity index is 1.43. The molecule has 5 rings (SSSR count). The Hall–Kier alpha value is -2.67. The van der Waals surface area contributed by atoms with Crippen LogP contribution in [0.4, 0.5) is 5.69 Å². The fourth-order valence-electron chi connectivity index (χ4n) is 5.76. The van der Waals surface area contributed by atoms with Gasteiger partial charge in [0.1, 0.15) is 5.82 Å². The minimum absolute atomic E-state index is 0.0105. The van der Waals surface area contributed by atoms with Crippen molar-refractivity contribution >= 4 is 11.6 Å². The van der Waals surface area contributed by atoms with Gasteiger partial charge in [0.15, 0.2) is 0 Å². The van der Waals surface area contributed by atoms with Crippen molar-refractivity contribution in [3.63, 3.8) is 0 Å². The molecule has 0 radical (unpaired) electrons. The number of H-pyrrole nitrogens is 1. The molecule has 176 valence electrons. The van der Waals surface area contributed by atoms with Gasteiger partial charge in [-0.1, -0.05) is 18.9 Å². The second kappa shape index (κ2) is 9.29. The number of piperidine rings is 1. The van der Waals surface area contributed by atoms with Crippen molar-refractivity contribution in [3.8, 4) is 0 Å². The Kier molecular flexibility index (Phi) is 6.23. The lowest BCUT2D eigenvalue weighted by atomic mass is 9.98. The molecular weight excluding hydrogens is 414 g/mol. The molecule has 1 saturated heterocycles. The van der Waals surface area contributed by atoms with E-state index in [0.29, 0.717) is 24.0 Å². The average Bonchev–Trinajstić information content (AvgIpc) is 3.38. The number of amides is 1. The number of hydrogen-bond acceptors (Lipinski definition) is 5. The second-order valence-corrected chi connectivity index (χ2v) is 9.99. The fraction of sp³-hybridized carbons (Fsp3) is 0.577. The number of aromatic nitrogens is 2. The van der Waals surface area contributed by atoms with Crippen molar-refractivity contribution < 1.29 is 4.79 Å². The summed E-state index contributed by atoms with van der Waals surface area (Å²) in [5, 5.41) is 0. The molecule has 7 nitrogen and oxygen atoms in total. The molecule has 2 fully saturated rings. The average molecular weight is 450 g/mol. The van der Waals surface area contributed by atoms with Crippen LogP contribution in [0.1, 0.15) is 78.4 Å². The Bertz CT molecular complexity index is 1070. The molecule has 1 aromatic carbocycles. The first-order chi connectivity index (χ1) is 16.0. The third-order valence-corrected chi connectivity index (χ3v) is 7.65. The van der Waals surface area contributed by atoms with Gasteiger partial charge in [0, 0.05) is 56.6 Å². The second-order valence-electron chi connectivity index (χ2n) is 9.99. The zero-order valence-electron chi connectivity index (χ0n) is 19.8. The van der Waals surface area contributed by atoms with E-state index in [1.54, 1.807) is 0 Å². The van der Waals surface area contributed by atoms with Gasteiger partial charge in [0.2, 0.25) is 0 Å². The van der Waals surface area contributed by atoms with Crippen molar-refractivity contribution in [3.05, 3.63) is 57.3 Å². The molecule has 0 bridgehead atoms. The lowest BCUT2D eigenvalue weighted by molar-refractivity contribution is 0.0598. The first-order valence-corrected chi connectivity index (χ1v) is 12.5. The van der Waals surface area contributed by atoms with Crippen LogP contribution in [0.2, 0.25) is 0 Å². The highest BCUT2D eigenvalue weighted by Gasteiger charge is 2.33. The van der Waals surface area contributed by atoms with Crippen molar-refractivity contribution in [2.24, 2.45) is 0 Å². The van der Waals surface area contributed by atoms with Crippen LogP contribution >= 0.6 is 0 Å². The zero-order chi connectivity index (χ0) is 22.9. The summed E-state index contributed by atoms with van der Waals surface area (Å²) in [4.78, 5) is 41.0. The number of rotatable bonds is 4. The van der Waals surface area contributed by atoms with E-state index < -0.39 is 0 Å². The predicted molar refractivity (Wildman–Crippen MR) is 130 cm³/mol. The van der Waals surface area contributed by atoms with E-state index in [1.807, 2.05) is 48.2 Å². The summed E-state index contributed by atoms with van der Waals surface area (Å²) in [6.45, 7) is 2.38. The highest BCUT2D eigenvalue weighted by Crippen LogP contribution is 2.32. The van der Waals surface area contributed by atoms with Crippen LogP contribution in [0.3, 0.4) is 0 Å². The highest BCUT2D eigenvalue weighted by atomic mass is 16.2. The number of nitrogens with one attached hydrogen (secondary N) is 1. The van der Waals surface area contributed by atoms with Gasteiger partial charge in [0.05, 0.1) is 11.7 Å². The molecule has 1 saturated carbocycles. The molecule has 1 aliphatic carbocycles. The smallest absolute Gasteiger partial charge is 0.254 e. The molecule has 0 unspecified atom stereocenters. The number of carbonyl (C=O) groups excluding carboxylic acids is 1. The van der Waals surface area contributed by atoms with Crippen LogP contribution < -0.4 is 10.5 Å². The Morgan fingerprint density at radius 3 is 2.67 bits per heavy atom. The molecule has 1 amide bonds. The topological polar surface area (TPSA) is 72.5 Å². The van der Waals surface area contributed by atoms with Gasteiger partial charge in [-0.2, -0.15) is 0 Å². The van der Waals surface area contributed by atoms with Crippen molar-refractivity contribution in [2.45, 2.75) is 70.0 Å². The van der Waals surface area contributed by atoms with Crippen LogP contribution in [-0.2, 0) is 13.0 Å². The molecule has 1 N–H and O–H groups in total. The summed E-state index contributed by atoms with van der Waals surface area (Å²) >= 11 is 0. The third kappa shape index (κ3) is 4.43. The molecule has 7 heteroatoms. The summed E-state index contributed by atoms with van der Waals surface area (Å²) < 4.78 is 0. The summed E-state index contributed by atoms with van der Waals surface area (Å²) in [7, 11) is 3.95. The van der Waals surface area contributed by atoms with Crippen LogP contribution in [0.15, 0.2) is 29.1 Å². The van der Waals surface area contributed by atoms with Crippen LogP contribution in [0.25, 0.3) is 0 Å². The molecule has 3 aliphatic rings. The fourth-order valence-corrected chi connectivity index (χ4v) is 5.76. The molecule has 1 aromatic heterocycles. The lowest BCUT2D eigenvalue weighted by Crippen LogP contribution is -2.43. The molecule has 3 heterocycles. The highest BCUT2D eigenvalue weighted by molar-refractivity contribution is 5.95. The van der Waals surface area contributed by atoms with Crippen molar-refractivity contribution in [1.29, 1.82) is 0 Å². The van der Waals surface area contributed by atoms with E-state index in [9.17, 15) is 9.59 Å². The Labute approximate surface area is 195 Å². The van der Waals surface area contributed by atoms with E-state index in [-0.39, 0.29) is 17.5 Å². The maximum atomic E-state index is 13.5. The summed E-state index contributed by atoms with van der Waals surface area (Å²) in [6, 6.07) is 8.19. The number of fused-ring (bicyclic) bond motifs is 1. The van der Waals surface area contributed by atoms with Gasteiger partial charge in [-0.25, -0.2) is 4.98 Å². The van der Waals surface area contributed by atoms with E-state index in [1.165, 1.54) is 25.7 Å². The monoisotopic (exact) mass is 449 g/mol. The number of anilines is 1. The number of hydrogen-bond donors (Lipinski definition) is 1. The first-order valence-electron chi connectivity index (χ1n) is 12.5. The molecule has 1 atom stereocenters. The maximum Gasteiger partial charge on any atom is 0.254 e. The maximum absolute atomic E-state index is 13.5. The zero-order valence-corrected chi connectivity index (χ0v) is 19.8. The molecule has 2 aliphatic heterocycles. The van der Waals surface area contributed by atoms with Crippen molar-refractivity contribution in [2.75, 3.05) is 32.1 Å². The van der Waals surface area contributed by atoms with Crippen LogP contribution in [0, 0.1) is 0 Å². The molecule has 2 aromatic rings. The van der Waals surface area contributed by atoms with Gasteiger partial charge in [-0.3, -0.25) is 14.5 Å².